The van der Waals surface area contributed by atoms with Gasteiger partial charge in [-0.05, 0) is 51.5 Å². The van der Waals surface area contributed by atoms with Crippen molar-refractivity contribution < 1.29 is 19.2 Å². The molecule has 3 heterocycles. The average Bonchev–Trinajstić information content (AvgIpc) is 2.79. The highest BCUT2D eigenvalue weighted by atomic mass is 16.2. The number of rotatable bonds is 9. The predicted octanol–water partition coefficient (Wildman–Crippen LogP) is -2.98. The van der Waals surface area contributed by atoms with Gasteiger partial charge < -0.3 is 38.5 Å². The summed E-state index contributed by atoms with van der Waals surface area (Å²) in [4.78, 5) is 54.3. The SMILES string of the molecule is N=C(N)NCCC[C@@H]1C(=O)N[C@@H](C(N)=O)CC12CCCN1C[C@@H](NC(=O)[C@@H]1CCCNC(=N)N)C2=O. The van der Waals surface area contributed by atoms with Crippen LogP contribution in [0.4, 0.5) is 0 Å². The Balaban J connectivity index is 1.79. The summed E-state index contributed by atoms with van der Waals surface area (Å²) >= 11 is 0. The molecule has 6 atom stereocenters. The van der Waals surface area contributed by atoms with E-state index in [9.17, 15) is 19.2 Å². The number of carbonyl (C=O) groups is 4. The molecular weight excluding hydrogens is 468 g/mol. The Labute approximate surface area is 209 Å². The molecule has 3 fully saturated rings. The van der Waals surface area contributed by atoms with E-state index >= 15 is 0 Å². The Hall–Kier alpha value is -3.42. The maximum absolute atomic E-state index is 14.0. The van der Waals surface area contributed by atoms with Gasteiger partial charge in [0.25, 0.3) is 0 Å². The molecule has 3 amide bonds. The molecule has 0 saturated carbocycles. The van der Waals surface area contributed by atoms with Gasteiger partial charge >= 0.3 is 0 Å². The van der Waals surface area contributed by atoms with Crippen LogP contribution in [0, 0.1) is 22.2 Å². The summed E-state index contributed by atoms with van der Waals surface area (Å²) in [5.74, 6) is -2.54. The summed E-state index contributed by atoms with van der Waals surface area (Å²) in [6.07, 6.45) is 3.12. The van der Waals surface area contributed by atoms with Crippen molar-refractivity contribution in [2.24, 2.45) is 28.5 Å². The summed E-state index contributed by atoms with van der Waals surface area (Å²) < 4.78 is 0. The van der Waals surface area contributed by atoms with Crippen molar-refractivity contribution >= 4 is 35.4 Å². The Bertz CT molecular complexity index is 911. The fourth-order valence-electron chi connectivity index (χ4n) is 5.87. The van der Waals surface area contributed by atoms with E-state index in [-0.39, 0.29) is 30.0 Å². The second-order valence-corrected chi connectivity index (χ2v) is 9.88. The van der Waals surface area contributed by atoms with Crippen LogP contribution in [0.5, 0.6) is 0 Å². The molecule has 3 saturated heterocycles. The van der Waals surface area contributed by atoms with Crippen molar-refractivity contribution in [2.75, 3.05) is 26.2 Å². The predicted molar refractivity (Wildman–Crippen MR) is 131 cm³/mol. The highest BCUT2D eigenvalue weighted by Crippen LogP contribution is 2.46. The summed E-state index contributed by atoms with van der Waals surface area (Å²) in [6, 6.07) is -2.13. The van der Waals surface area contributed by atoms with Gasteiger partial charge in [-0.15, -0.1) is 0 Å². The van der Waals surface area contributed by atoms with Crippen LogP contribution >= 0.6 is 0 Å². The third-order valence-corrected chi connectivity index (χ3v) is 7.52. The fraction of sp³-hybridized carbons (Fsp3) is 0.727. The number of hydrogen-bond donors (Lipinski definition) is 9. The number of nitrogens with one attached hydrogen (secondary N) is 6. The zero-order chi connectivity index (χ0) is 26.5. The number of nitrogens with zero attached hydrogens (tertiary/aromatic N) is 1. The number of ketones is 1. The zero-order valence-electron chi connectivity index (χ0n) is 20.4. The van der Waals surface area contributed by atoms with Gasteiger partial charge in [-0.3, -0.25) is 34.9 Å². The molecule has 2 bridgehead atoms. The normalized spacial score (nSPS) is 32.0. The lowest BCUT2D eigenvalue weighted by atomic mass is 9.59. The van der Waals surface area contributed by atoms with Gasteiger partial charge in [-0.1, -0.05) is 0 Å². The molecule has 12 N–H and O–H groups in total. The number of nitrogens with two attached hydrogens (primary N) is 3. The van der Waals surface area contributed by atoms with E-state index in [0.717, 1.165) is 0 Å². The van der Waals surface area contributed by atoms with E-state index in [4.69, 9.17) is 28.0 Å². The molecule has 1 spiro atoms. The summed E-state index contributed by atoms with van der Waals surface area (Å²) in [7, 11) is 0. The van der Waals surface area contributed by atoms with Gasteiger partial charge in [-0.25, -0.2) is 0 Å². The third-order valence-electron chi connectivity index (χ3n) is 7.52. The van der Waals surface area contributed by atoms with Crippen molar-refractivity contribution in [3.05, 3.63) is 0 Å². The monoisotopic (exact) mass is 506 g/mol. The van der Waals surface area contributed by atoms with Crippen molar-refractivity contribution in [2.45, 2.75) is 63.1 Å². The quantitative estimate of drug-likeness (QED) is 0.0878. The number of Topliss-reactive ketones (excluding diaryl/α,β-unsaturated/α-hetero) is 1. The second-order valence-electron chi connectivity index (χ2n) is 9.88. The van der Waals surface area contributed by atoms with Crippen molar-refractivity contribution in [1.82, 2.24) is 26.2 Å². The Kier molecular flexibility index (Phi) is 8.71. The van der Waals surface area contributed by atoms with Gasteiger partial charge in [-0.2, -0.15) is 0 Å². The first-order valence-electron chi connectivity index (χ1n) is 12.4. The molecule has 200 valence electrons. The third kappa shape index (κ3) is 6.04. The number of hydrogen-bond acceptors (Lipinski definition) is 7. The average molecular weight is 507 g/mol. The molecule has 0 aromatic heterocycles. The Morgan fingerprint density at radius 1 is 1.00 bits per heavy atom. The first kappa shape index (κ1) is 27.2. The first-order chi connectivity index (χ1) is 17.0. The lowest BCUT2D eigenvalue weighted by Crippen LogP contribution is -2.69. The summed E-state index contributed by atoms with van der Waals surface area (Å²) in [6.45, 7) is 1.75. The minimum atomic E-state index is -1.12. The molecule has 0 radical (unpaired) electrons. The standard InChI is InChI=1S/C22H38N10O4/c23-17(34)13-10-22(12(18(35)30-13)4-1-7-28-20(24)25)6-3-9-32-11-14(16(22)33)31-19(36)15(32)5-2-8-29-21(26)27/h12-15H,1-11H2,(H2,23,34)(H,30,35)(H,31,36)(H4,24,25,28)(H4,26,27,29)/t12-,13-,14-,15+,22?/m1/s1. The van der Waals surface area contributed by atoms with E-state index in [1.807, 2.05) is 4.90 Å². The van der Waals surface area contributed by atoms with Crippen LogP contribution < -0.4 is 38.5 Å². The summed E-state index contributed by atoms with van der Waals surface area (Å²) in [5, 5.41) is 25.5. The minimum Gasteiger partial charge on any atom is -0.370 e. The fourth-order valence-corrected chi connectivity index (χ4v) is 5.87. The van der Waals surface area contributed by atoms with Crippen LogP contribution in [-0.2, 0) is 19.2 Å². The molecule has 0 aliphatic carbocycles. The smallest absolute Gasteiger partial charge is 0.240 e. The van der Waals surface area contributed by atoms with E-state index in [2.05, 4.69) is 21.3 Å². The van der Waals surface area contributed by atoms with Crippen LogP contribution in [0.25, 0.3) is 0 Å². The molecule has 3 aliphatic heterocycles. The number of amides is 3. The molecule has 14 nitrogen and oxygen atoms in total. The van der Waals surface area contributed by atoms with E-state index < -0.39 is 41.3 Å². The number of piperazine rings is 1. The van der Waals surface area contributed by atoms with E-state index in [1.165, 1.54) is 0 Å². The first-order valence-corrected chi connectivity index (χ1v) is 12.4. The van der Waals surface area contributed by atoms with Crippen molar-refractivity contribution in [3.8, 4) is 0 Å². The number of carbonyl (C=O) groups excluding carboxylic acids is 4. The highest BCUT2D eigenvalue weighted by Gasteiger charge is 2.57. The number of piperidine rings is 1. The van der Waals surface area contributed by atoms with Gasteiger partial charge in [0.05, 0.1) is 12.0 Å². The lowest BCUT2D eigenvalue weighted by molar-refractivity contribution is -0.155. The van der Waals surface area contributed by atoms with E-state index in [0.29, 0.717) is 64.7 Å². The van der Waals surface area contributed by atoms with Crippen LogP contribution in [0.2, 0.25) is 0 Å². The molecule has 0 aromatic carbocycles. The Morgan fingerprint density at radius 3 is 2.25 bits per heavy atom. The van der Waals surface area contributed by atoms with Crippen LogP contribution in [-0.4, -0.2) is 84.6 Å². The molecule has 2 unspecified atom stereocenters. The second kappa shape index (κ2) is 11.5. The number of primary amides is 1. The van der Waals surface area contributed by atoms with Gasteiger partial charge in [0, 0.05) is 25.0 Å². The van der Waals surface area contributed by atoms with Crippen LogP contribution in [0.3, 0.4) is 0 Å². The van der Waals surface area contributed by atoms with Crippen molar-refractivity contribution in [3.63, 3.8) is 0 Å². The largest absolute Gasteiger partial charge is 0.370 e. The minimum absolute atomic E-state index is 0.101. The van der Waals surface area contributed by atoms with Crippen LogP contribution in [0.15, 0.2) is 0 Å². The number of guanidine groups is 2. The van der Waals surface area contributed by atoms with E-state index in [1.54, 1.807) is 0 Å². The zero-order valence-corrected chi connectivity index (χ0v) is 20.4. The maximum Gasteiger partial charge on any atom is 0.240 e. The molecule has 3 rings (SSSR count). The van der Waals surface area contributed by atoms with Crippen molar-refractivity contribution in [1.29, 1.82) is 10.8 Å². The molecule has 14 heteroatoms. The highest BCUT2D eigenvalue weighted by molar-refractivity contribution is 6.01. The molecule has 0 aromatic rings. The van der Waals surface area contributed by atoms with Crippen LogP contribution in [0.1, 0.15) is 44.9 Å². The topological polar surface area (TPSA) is 245 Å². The number of fused-ring (bicyclic) bond motifs is 2. The van der Waals surface area contributed by atoms with Gasteiger partial charge in [0.1, 0.15) is 12.1 Å². The Morgan fingerprint density at radius 2 is 1.64 bits per heavy atom. The summed E-state index contributed by atoms with van der Waals surface area (Å²) in [5.41, 5.74) is 15.1. The lowest BCUT2D eigenvalue weighted by Gasteiger charge is -2.50. The molecule has 3 aliphatic rings. The molecular formula is C22H38N10O4. The maximum atomic E-state index is 14.0. The van der Waals surface area contributed by atoms with Gasteiger partial charge in [0.2, 0.25) is 17.7 Å². The van der Waals surface area contributed by atoms with Gasteiger partial charge in [0.15, 0.2) is 17.7 Å². The molecule has 36 heavy (non-hydrogen) atoms.